The topological polar surface area (TPSA) is 133 Å². The largest absolute Gasteiger partial charge is 0.391 e. The normalized spacial score (nSPS) is 24.8. The number of benzene rings is 1. The van der Waals surface area contributed by atoms with Crippen molar-refractivity contribution >= 4 is 23.4 Å². The summed E-state index contributed by atoms with van der Waals surface area (Å²) in [5, 5.41) is 21.7. The minimum absolute atomic E-state index is 0.0236. The molecule has 2 fully saturated rings. The highest BCUT2D eigenvalue weighted by atomic mass is 19.1. The molecule has 3 aromatic rings. The number of rotatable bonds is 7. The average Bonchev–Trinajstić information content (AvgIpc) is 3.38. The van der Waals surface area contributed by atoms with E-state index >= 15 is 4.39 Å². The highest BCUT2D eigenvalue weighted by molar-refractivity contribution is 6.09. The van der Waals surface area contributed by atoms with Crippen molar-refractivity contribution < 1.29 is 23.0 Å². The molecule has 212 valence electrons. The molecule has 0 amide bonds. The second-order valence-electron chi connectivity index (χ2n) is 10.7. The molecule has 0 unspecified atom stereocenters. The summed E-state index contributed by atoms with van der Waals surface area (Å²) >= 11 is 0. The molecule has 40 heavy (non-hydrogen) atoms. The Hall–Kier alpha value is -3.54. The van der Waals surface area contributed by atoms with Crippen molar-refractivity contribution in [3.8, 4) is 0 Å². The van der Waals surface area contributed by atoms with Gasteiger partial charge in [-0.2, -0.15) is 0 Å². The third-order valence-corrected chi connectivity index (χ3v) is 7.92. The van der Waals surface area contributed by atoms with E-state index in [-0.39, 0.29) is 49.5 Å². The van der Waals surface area contributed by atoms with Crippen molar-refractivity contribution in [2.75, 3.05) is 18.5 Å². The van der Waals surface area contributed by atoms with Crippen molar-refractivity contribution in [1.82, 2.24) is 15.0 Å². The van der Waals surface area contributed by atoms with Crippen LogP contribution >= 0.6 is 0 Å². The summed E-state index contributed by atoms with van der Waals surface area (Å²) in [6.07, 6.45) is 8.62. The highest BCUT2D eigenvalue weighted by Crippen LogP contribution is 2.39. The van der Waals surface area contributed by atoms with E-state index in [1.807, 2.05) is 13.0 Å². The molecule has 1 aliphatic carbocycles. The minimum Gasteiger partial charge on any atom is -0.391 e. The van der Waals surface area contributed by atoms with E-state index in [1.165, 1.54) is 18.3 Å². The second kappa shape index (κ2) is 11.5. The second-order valence-corrected chi connectivity index (χ2v) is 10.7. The van der Waals surface area contributed by atoms with Crippen molar-refractivity contribution in [2.24, 2.45) is 11.7 Å². The number of anilines is 2. The van der Waals surface area contributed by atoms with Gasteiger partial charge in [-0.25, -0.2) is 18.2 Å². The predicted octanol–water partition coefficient (Wildman–Crippen LogP) is 5.08. The summed E-state index contributed by atoms with van der Waals surface area (Å²) in [4.78, 5) is 11.6. The van der Waals surface area contributed by atoms with Gasteiger partial charge in [0.2, 0.25) is 5.95 Å². The Morgan fingerprint density at radius 2 is 1.95 bits per heavy atom. The molecule has 1 saturated heterocycles. The van der Waals surface area contributed by atoms with Crippen LogP contribution in [0.2, 0.25) is 0 Å². The first-order chi connectivity index (χ1) is 19.1. The smallest absolute Gasteiger partial charge is 0.205 e. The molecule has 1 saturated carbocycles. The van der Waals surface area contributed by atoms with E-state index in [4.69, 9.17) is 15.9 Å². The molecule has 4 atom stereocenters. The third kappa shape index (κ3) is 5.81. The van der Waals surface area contributed by atoms with Gasteiger partial charge in [-0.15, -0.1) is 0 Å². The summed E-state index contributed by atoms with van der Waals surface area (Å²) < 4.78 is 50.1. The molecule has 6 N–H and O–H groups in total. The maximum absolute atomic E-state index is 15.2. The summed E-state index contributed by atoms with van der Waals surface area (Å²) in [5.41, 5.74) is 5.58. The first-order valence-corrected chi connectivity index (χ1v) is 13.4. The lowest BCUT2D eigenvalue weighted by atomic mass is 9.74. The summed E-state index contributed by atoms with van der Waals surface area (Å²) in [5.74, 6) is -1.36. The lowest BCUT2D eigenvalue weighted by Gasteiger charge is -2.36. The number of allylic oxidation sites excluding steroid dienone is 1. The van der Waals surface area contributed by atoms with Gasteiger partial charge in [0.25, 0.3) is 0 Å². The van der Waals surface area contributed by atoms with Crippen LogP contribution in [0.4, 0.5) is 24.8 Å². The predicted molar refractivity (Wildman–Crippen MR) is 146 cm³/mol. The Morgan fingerprint density at radius 3 is 2.65 bits per heavy atom. The first-order valence-electron chi connectivity index (χ1n) is 13.4. The molecule has 0 bridgehead atoms. The van der Waals surface area contributed by atoms with Gasteiger partial charge in [0.15, 0.2) is 0 Å². The lowest BCUT2D eigenvalue weighted by molar-refractivity contribution is -0.0118. The molecule has 2 aliphatic rings. The van der Waals surface area contributed by atoms with Gasteiger partial charge in [-0.1, -0.05) is 6.92 Å². The first kappa shape index (κ1) is 28.0. The number of nitrogens with one attached hydrogen (secondary N) is 3. The zero-order valence-corrected chi connectivity index (χ0v) is 22.1. The van der Waals surface area contributed by atoms with Crippen LogP contribution in [0.3, 0.4) is 0 Å². The standard InChI is InChI=1S/C29H33F3N6O2/c1-16-10-17(11-24(34)27(16)39)20-4-7-35-15-25(20)38-28-36-14-19(37-28)2-3-23(33)26-21(30)12-18(13-22(26)31)29(32)5-8-40-9-6-29/h2-4,7,12-17,24,27,33,39H,5-6,8-11,34H2,1H3,(H2,36,37,38)/b3-2-,33-23?/t16-,17+,24+,27-/m0/s1. The van der Waals surface area contributed by atoms with E-state index in [0.29, 0.717) is 18.1 Å². The highest BCUT2D eigenvalue weighted by Gasteiger charge is 2.36. The number of imidazole rings is 1. The fourth-order valence-corrected chi connectivity index (χ4v) is 5.63. The Balaban J connectivity index is 1.28. The molecule has 2 aromatic heterocycles. The maximum atomic E-state index is 15.2. The van der Waals surface area contributed by atoms with Gasteiger partial charge < -0.3 is 31.3 Å². The van der Waals surface area contributed by atoms with Crippen LogP contribution < -0.4 is 11.1 Å². The van der Waals surface area contributed by atoms with E-state index in [2.05, 4.69) is 20.3 Å². The van der Waals surface area contributed by atoms with Crippen LogP contribution in [0.25, 0.3) is 6.08 Å². The molecular formula is C29H33F3N6O2. The number of aliphatic hydroxyl groups excluding tert-OH is 1. The SMILES string of the molecule is C[C@H]1C[C@@H](c2ccncc2Nc2ncc(/C=C\C(=N)c3c(F)cc(C4(F)CCOCC4)cc3F)[nH]2)C[C@@H](N)[C@H]1O. The number of nitrogens with two attached hydrogens (primary N) is 1. The average molecular weight is 555 g/mol. The number of pyridine rings is 1. The van der Waals surface area contributed by atoms with Crippen molar-refractivity contribution in [2.45, 2.75) is 56.3 Å². The van der Waals surface area contributed by atoms with Crippen molar-refractivity contribution in [3.63, 3.8) is 0 Å². The van der Waals surface area contributed by atoms with Gasteiger partial charge in [-0.3, -0.25) is 4.98 Å². The number of hydrogen-bond acceptors (Lipinski definition) is 7. The molecule has 5 rings (SSSR count). The minimum atomic E-state index is -1.85. The summed E-state index contributed by atoms with van der Waals surface area (Å²) in [6, 6.07) is 3.56. The Kier molecular flexibility index (Phi) is 8.07. The van der Waals surface area contributed by atoms with Crippen LogP contribution in [0.5, 0.6) is 0 Å². The number of hydrogen-bond donors (Lipinski definition) is 5. The quantitative estimate of drug-likeness (QED) is 0.259. The van der Waals surface area contributed by atoms with Gasteiger partial charge >= 0.3 is 0 Å². The summed E-state index contributed by atoms with van der Waals surface area (Å²) in [6.45, 7) is 2.35. The van der Waals surface area contributed by atoms with Crippen LogP contribution in [0, 0.1) is 23.0 Å². The van der Waals surface area contributed by atoms with Crippen LogP contribution in [-0.4, -0.2) is 51.1 Å². The number of aromatic amines is 1. The fourth-order valence-electron chi connectivity index (χ4n) is 5.63. The van der Waals surface area contributed by atoms with Gasteiger partial charge in [0, 0.05) is 38.3 Å². The van der Waals surface area contributed by atoms with Gasteiger partial charge in [0.05, 0.1) is 41.2 Å². The number of H-pyrrole nitrogens is 1. The van der Waals surface area contributed by atoms with Crippen LogP contribution in [0.1, 0.15) is 60.9 Å². The number of aliphatic hydroxyl groups is 1. The number of nitrogens with zero attached hydrogens (tertiary/aromatic N) is 2. The summed E-state index contributed by atoms with van der Waals surface area (Å²) in [7, 11) is 0. The fraction of sp³-hybridized carbons (Fsp3) is 0.414. The zero-order chi connectivity index (χ0) is 28.4. The Bertz CT molecular complexity index is 1370. The number of alkyl halides is 1. The lowest BCUT2D eigenvalue weighted by Crippen LogP contribution is -2.44. The molecule has 1 aliphatic heterocycles. The molecule has 0 spiro atoms. The number of halogens is 3. The van der Waals surface area contributed by atoms with E-state index in [9.17, 15) is 13.9 Å². The van der Waals surface area contributed by atoms with E-state index < -0.39 is 34.7 Å². The molecule has 11 heteroatoms. The molecule has 1 aromatic carbocycles. The Morgan fingerprint density at radius 1 is 1.23 bits per heavy atom. The van der Waals surface area contributed by atoms with Gasteiger partial charge in [0.1, 0.15) is 17.3 Å². The van der Waals surface area contributed by atoms with Crippen LogP contribution in [-0.2, 0) is 10.4 Å². The molecule has 3 heterocycles. The zero-order valence-electron chi connectivity index (χ0n) is 22.1. The molecule has 0 radical (unpaired) electrons. The molecule has 8 nitrogen and oxygen atoms in total. The number of ether oxygens (including phenoxy) is 1. The van der Waals surface area contributed by atoms with Gasteiger partial charge in [-0.05, 0) is 66.2 Å². The van der Waals surface area contributed by atoms with Crippen molar-refractivity contribution in [1.29, 1.82) is 5.41 Å². The number of aromatic nitrogens is 3. The monoisotopic (exact) mass is 554 g/mol. The van der Waals surface area contributed by atoms with E-state index in [1.54, 1.807) is 12.4 Å². The van der Waals surface area contributed by atoms with Crippen LogP contribution in [0.15, 0.2) is 42.9 Å². The third-order valence-electron chi connectivity index (χ3n) is 7.92. The van der Waals surface area contributed by atoms with E-state index in [0.717, 1.165) is 29.8 Å². The maximum Gasteiger partial charge on any atom is 0.205 e. The van der Waals surface area contributed by atoms with Crippen molar-refractivity contribution in [3.05, 3.63) is 76.9 Å². The Labute approximate surface area is 230 Å². The molecular weight excluding hydrogens is 521 g/mol.